The van der Waals surface area contributed by atoms with E-state index in [0.717, 1.165) is 32.9 Å². The molecule has 1 aliphatic rings. The molecule has 1 aromatic heterocycles. The zero-order valence-corrected chi connectivity index (χ0v) is 11.8. The maximum Gasteiger partial charge on any atom is 0.162 e. The average molecular weight is 309 g/mol. The van der Waals surface area contributed by atoms with E-state index in [2.05, 4.69) is 27.8 Å². The number of halogens is 1. The molecule has 4 nitrogen and oxygen atoms in total. The van der Waals surface area contributed by atoms with E-state index in [0.29, 0.717) is 13.2 Å². The summed E-state index contributed by atoms with van der Waals surface area (Å²) in [6, 6.07) is 4.04. The Bertz CT molecular complexity index is 588. The van der Waals surface area contributed by atoms with Crippen LogP contribution in [0, 0.1) is 6.92 Å². The Morgan fingerprint density at radius 3 is 2.50 bits per heavy atom. The van der Waals surface area contributed by atoms with Gasteiger partial charge in [-0.25, -0.2) is 4.98 Å². The number of fused-ring (bicyclic) bond motifs is 1. The minimum atomic E-state index is 0.599. The first kappa shape index (κ1) is 11.6. The number of benzene rings is 1. The van der Waals surface area contributed by atoms with Crippen LogP contribution in [-0.4, -0.2) is 22.8 Å². The first-order chi connectivity index (χ1) is 8.66. The number of imidazole rings is 1. The number of aryl methyl sites for hydroxylation is 2. The quantitative estimate of drug-likeness (QED) is 0.812. The zero-order valence-electron chi connectivity index (χ0n) is 10.2. The van der Waals surface area contributed by atoms with E-state index in [9.17, 15) is 0 Å². The van der Waals surface area contributed by atoms with Gasteiger partial charge in [-0.1, -0.05) is 0 Å². The largest absolute Gasteiger partial charge is 0.486 e. The molecule has 3 rings (SSSR count). The van der Waals surface area contributed by atoms with Gasteiger partial charge in [0.2, 0.25) is 0 Å². The Hall–Kier alpha value is -1.49. The summed E-state index contributed by atoms with van der Waals surface area (Å²) in [5.74, 6) is 1.62. The van der Waals surface area contributed by atoms with Crippen molar-refractivity contribution >= 4 is 15.9 Å². The highest BCUT2D eigenvalue weighted by Crippen LogP contribution is 2.38. The van der Waals surface area contributed by atoms with Crippen LogP contribution < -0.4 is 9.47 Å². The molecule has 0 aliphatic carbocycles. The van der Waals surface area contributed by atoms with Crippen molar-refractivity contribution in [3.8, 4) is 22.8 Å². The van der Waals surface area contributed by atoms with Crippen LogP contribution in [0.1, 0.15) is 5.56 Å². The maximum absolute atomic E-state index is 5.63. The summed E-state index contributed by atoms with van der Waals surface area (Å²) in [6.45, 7) is 3.27. The summed E-state index contributed by atoms with van der Waals surface area (Å²) in [4.78, 5) is 4.25. The normalized spacial score (nSPS) is 13.7. The fourth-order valence-electron chi connectivity index (χ4n) is 2.15. The topological polar surface area (TPSA) is 36.3 Å². The van der Waals surface area contributed by atoms with Crippen LogP contribution in [0.3, 0.4) is 0 Å². The van der Waals surface area contributed by atoms with Gasteiger partial charge in [0.05, 0.1) is 12.0 Å². The zero-order chi connectivity index (χ0) is 12.7. The SMILES string of the molecule is Cc1cc2c(cc1-c1c(Br)ncn1C)OCCO2. The van der Waals surface area contributed by atoms with Crippen LogP contribution in [0.25, 0.3) is 11.3 Å². The Morgan fingerprint density at radius 1 is 1.22 bits per heavy atom. The summed E-state index contributed by atoms with van der Waals surface area (Å²) in [7, 11) is 1.98. The fourth-order valence-corrected chi connectivity index (χ4v) is 2.73. The molecule has 0 saturated heterocycles. The molecule has 0 N–H and O–H groups in total. The third kappa shape index (κ3) is 1.79. The van der Waals surface area contributed by atoms with Gasteiger partial charge in [0.1, 0.15) is 17.8 Å². The number of ether oxygens (including phenoxy) is 2. The lowest BCUT2D eigenvalue weighted by atomic mass is 10.0. The second-order valence-electron chi connectivity index (χ2n) is 4.31. The van der Waals surface area contributed by atoms with Crippen LogP contribution in [0.5, 0.6) is 11.5 Å². The number of hydrogen-bond donors (Lipinski definition) is 0. The third-order valence-electron chi connectivity index (χ3n) is 3.04. The van der Waals surface area contributed by atoms with Gasteiger partial charge in [0.25, 0.3) is 0 Å². The molecule has 0 saturated carbocycles. The summed E-state index contributed by atoms with van der Waals surface area (Å²) >= 11 is 3.48. The highest BCUT2D eigenvalue weighted by molar-refractivity contribution is 9.10. The van der Waals surface area contributed by atoms with Crippen molar-refractivity contribution in [3.05, 3.63) is 28.6 Å². The Balaban J connectivity index is 2.18. The number of rotatable bonds is 1. The molecule has 0 atom stereocenters. The van der Waals surface area contributed by atoms with Gasteiger partial charge in [-0.3, -0.25) is 0 Å². The molecule has 5 heteroatoms. The van der Waals surface area contributed by atoms with E-state index < -0.39 is 0 Å². The number of nitrogens with zero attached hydrogens (tertiary/aromatic N) is 2. The summed E-state index contributed by atoms with van der Waals surface area (Å²) < 4.78 is 14.0. The predicted octanol–water partition coefficient (Wildman–Crippen LogP) is 2.93. The standard InChI is InChI=1S/C13H13BrN2O2/c1-8-5-10-11(18-4-3-17-10)6-9(8)12-13(14)15-7-16(12)2/h5-7H,3-4H2,1-2H3. The van der Waals surface area contributed by atoms with Crippen LogP contribution in [0.2, 0.25) is 0 Å². The monoisotopic (exact) mass is 308 g/mol. The molecule has 0 unspecified atom stereocenters. The molecule has 0 radical (unpaired) electrons. The predicted molar refractivity (Wildman–Crippen MR) is 72.1 cm³/mol. The van der Waals surface area contributed by atoms with E-state index in [-0.39, 0.29) is 0 Å². The minimum absolute atomic E-state index is 0.599. The molecule has 18 heavy (non-hydrogen) atoms. The Morgan fingerprint density at radius 2 is 1.89 bits per heavy atom. The molecule has 94 valence electrons. The van der Waals surface area contributed by atoms with Gasteiger partial charge in [0.15, 0.2) is 11.5 Å². The van der Waals surface area contributed by atoms with E-state index in [1.54, 1.807) is 6.33 Å². The van der Waals surface area contributed by atoms with E-state index in [4.69, 9.17) is 9.47 Å². The lowest BCUT2D eigenvalue weighted by molar-refractivity contribution is 0.171. The van der Waals surface area contributed by atoms with Crippen molar-refractivity contribution in [3.63, 3.8) is 0 Å². The minimum Gasteiger partial charge on any atom is -0.486 e. The first-order valence-electron chi connectivity index (χ1n) is 5.74. The molecule has 2 aromatic rings. The first-order valence-corrected chi connectivity index (χ1v) is 6.53. The second kappa shape index (κ2) is 4.31. The summed E-state index contributed by atoms with van der Waals surface area (Å²) in [5.41, 5.74) is 3.29. The van der Waals surface area contributed by atoms with Gasteiger partial charge >= 0.3 is 0 Å². The van der Waals surface area contributed by atoms with Crippen molar-refractivity contribution in [2.75, 3.05) is 13.2 Å². The van der Waals surface area contributed by atoms with Crippen molar-refractivity contribution in [2.24, 2.45) is 7.05 Å². The molecule has 0 amide bonds. The van der Waals surface area contributed by atoms with E-state index >= 15 is 0 Å². The molecule has 2 heterocycles. The fraction of sp³-hybridized carbons (Fsp3) is 0.308. The Kier molecular flexibility index (Phi) is 2.78. The number of aromatic nitrogens is 2. The van der Waals surface area contributed by atoms with Crippen LogP contribution in [0.4, 0.5) is 0 Å². The highest BCUT2D eigenvalue weighted by Gasteiger charge is 2.18. The van der Waals surface area contributed by atoms with Crippen LogP contribution in [-0.2, 0) is 7.05 Å². The smallest absolute Gasteiger partial charge is 0.162 e. The van der Waals surface area contributed by atoms with E-state index in [1.807, 2.05) is 23.7 Å². The van der Waals surface area contributed by atoms with E-state index in [1.165, 1.54) is 0 Å². The van der Waals surface area contributed by atoms with Crippen LogP contribution >= 0.6 is 15.9 Å². The second-order valence-corrected chi connectivity index (χ2v) is 5.06. The lowest BCUT2D eigenvalue weighted by Gasteiger charge is -2.20. The average Bonchev–Trinajstić information content (AvgIpc) is 2.68. The van der Waals surface area contributed by atoms with Gasteiger partial charge in [-0.05, 0) is 40.5 Å². The van der Waals surface area contributed by atoms with Gasteiger partial charge < -0.3 is 14.0 Å². The molecular formula is C13H13BrN2O2. The molecule has 0 bridgehead atoms. The van der Waals surface area contributed by atoms with Crippen LogP contribution in [0.15, 0.2) is 23.1 Å². The molecule has 1 aliphatic heterocycles. The summed E-state index contributed by atoms with van der Waals surface area (Å²) in [6.07, 6.45) is 1.79. The third-order valence-corrected chi connectivity index (χ3v) is 3.62. The Labute approximate surface area is 114 Å². The molecular weight excluding hydrogens is 296 g/mol. The number of hydrogen-bond acceptors (Lipinski definition) is 3. The van der Waals surface area contributed by atoms with Crippen molar-refractivity contribution in [1.29, 1.82) is 0 Å². The summed E-state index contributed by atoms with van der Waals surface area (Å²) in [5, 5.41) is 0. The molecule has 1 aromatic carbocycles. The van der Waals surface area contributed by atoms with Gasteiger partial charge in [-0.2, -0.15) is 0 Å². The molecule has 0 fully saturated rings. The lowest BCUT2D eigenvalue weighted by Crippen LogP contribution is -2.15. The highest BCUT2D eigenvalue weighted by atomic mass is 79.9. The van der Waals surface area contributed by atoms with Gasteiger partial charge in [0, 0.05) is 12.6 Å². The van der Waals surface area contributed by atoms with Gasteiger partial charge in [-0.15, -0.1) is 0 Å². The maximum atomic E-state index is 5.63. The van der Waals surface area contributed by atoms with Crippen molar-refractivity contribution in [2.45, 2.75) is 6.92 Å². The molecule has 0 spiro atoms. The van der Waals surface area contributed by atoms with Crippen molar-refractivity contribution in [1.82, 2.24) is 9.55 Å². The van der Waals surface area contributed by atoms with Crippen molar-refractivity contribution < 1.29 is 9.47 Å².